The Kier molecular flexibility index (Phi) is 30.4. The zero-order valence-electron chi connectivity index (χ0n) is 59.2. The molecule has 4 aromatic carbocycles. The van der Waals surface area contributed by atoms with Crippen molar-refractivity contribution < 1.29 is 72.4 Å². The second-order valence-electron chi connectivity index (χ2n) is 27.7. The summed E-state index contributed by atoms with van der Waals surface area (Å²) in [5.41, 5.74) is 3.30. The summed E-state index contributed by atoms with van der Waals surface area (Å²) < 4.78 is 11.0. The molecule has 1 aliphatic heterocycles. The van der Waals surface area contributed by atoms with Crippen LogP contribution in [0.25, 0.3) is 16.5 Å². The van der Waals surface area contributed by atoms with Crippen molar-refractivity contribution in [1.29, 1.82) is 0 Å². The molecule has 5 aromatic rings. The number of ketones is 2. The summed E-state index contributed by atoms with van der Waals surface area (Å²) in [5.74, 6) is -8.43. The van der Waals surface area contributed by atoms with Gasteiger partial charge in [-0.15, -0.1) is 0 Å². The molecule has 2 aliphatic rings. The van der Waals surface area contributed by atoms with Gasteiger partial charge in [0, 0.05) is 86.1 Å². The summed E-state index contributed by atoms with van der Waals surface area (Å²) in [6.45, 7) is 13.5. The number of phenolic OH excluding ortho intramolecular Hbond substituents is 1. The number of phenols is 1. The van der Waals surface area contributed by atoms with E-state index < -0.39 is 131 Å². The summed E-state index contributed by atoms with van der Waals surface area (Å²) in [5, 5.41) is 47.6. The number of H-pyrrole nitrogens is 1. The molecule has 9 atom stereocenters. The van der Waals surface area contributed by atoms with Crippen LogP contribution in [0.4, 0.5) is 9.59 Å². The van der Waals surface area contributed by atoms with E-state index >= 15 is 19.2 Å². The number of nitrogens with one attached hydrogen (secondary N) is 10. The number of Topliss-reactive ketones (excluding diaryl/α,β-unsaturated/α-hetero) is 2. The quantitative estimate of drug-likeness (QED) is 0.0195. The van der Waals surface area contributed by atoms with Crippen LogP contribution in [0, 0.1) is 5.92 Å². The molecular formula is C75H98N10O15S2. The van der Waals surface area contributed by atoms with Gasteiger partial charge in [-0.05, 0) is 145 Å². The maximum Gasteiger partial charge on any atom is 0.408 e. The average molecular weight is 1440 g/mol. The summed E-state index contributed by atoms with van der Waals surface area (Å²) in [6.07, 6.45) is 1.44. The normalized spacial score (nSPS) is 19.7. The van der Waals surface area contributed by atoms with Crippen LogP contribution >= 0.6 is 21.6 Å². The van der Waals surface area contributed by atoms with E-state index in [1.54, 1.807) is 90.2 Å². The third kappa shape index (κ3) is 26.0. The van der Waals surface area contributed by atoms with Crippen LogP contribution < -0.4 is 47.9 Å². The van der Waals surface area contributed by atoms with E-state index in [2.05, 4.69) is 52.8 Å². The number of rotatable bonds is 26. The van der Waals surface area contributed by atoms with E-state index in [-0.39, 0.29) is 94.0 Å². The molecule has 12 N–H and O–H groups in total. The van der Waals surface area contributed by atoms with Crippen LogP contribution in [-0.4, -0.2) is 164 Å². The van der Waals surface area contributed by atoms with Crippen molar-refractivity contribution in [1.82, 2.24) is 52.8 Å². The zero-order chi connectivity index (χ0) is 74.1. The highest BCUT2D eigenvalue weighted by Crippen LogP contribution is 2.32. The van der Waals surface area contributed by atoms with Crippen molar-refractivity contribution >= 4 is 103 Å². The fourth-order valence-electron chi connectivity index (χ4n) is 11.7. The van der Waals surface area contributed by atoms with Gasteiger partial charge in [-0.25, -0.2) is 9.59 Å². The van der Waals surface area contributed by atoms with Gasteiger partial charge in [-0.3, -0.25) is 43.2 Å². The maximum absolute atomic E-state index is 15.4. The molecule has 9 amide bonds. The van der Waals surface area contributed by atoms with Gasteiger partial charge < -0.3 is 72.5 Å². The molecule has 1 saturated heterocycles. The summed E-state index contributed by atoms with van der Waals surface area (Å²) >= 11 is 0. The molecule has 0 unspecified atom stereocenters. The number of hydrogen-bond acceptors (Lipinski definition) is 17. The first kappa shape index (κ1) is 80.1. The molecule has 27 heteroatoms. The molecule has 25 nitrogen and oxygen atoms in total. The van der Waals surface area contributed by atoms with Crippen LogP contribution in [0.15, 0.2) is 115 Å². The molecule has 1 fully saturated rings. The van der Waals surface area contributed by atoms with Crippen molar-refractivity contribution in [3.8, 4) is 5.75 Å². The predicted molar refractivity (Wildman–Crippen MR) is 391 cm³/mol. The molecule has 550 valence electrons. The highest BCUT2D eigenvalue weighted by atomic mass is 33.1. The Morgan fingerprint density at radius 2 is 1.30 bits per heavy atom. The highest BCUT2D eigenvalue weighted by molar-refractivity contribution is 8.76. The Morgan fingerprint density at radius 3 is 2.02 bits per heavy atom. The SMILES string of the molecule is CCCC(=O)NCCCC(=O)[C@H](Cc1c[nH]c2ccccc12)NC(=O)[C@@H]1CSSC[C@H](NC(=O)[C@@H](Cc2ccccc2)NC(=O)OC(C)(C)C)C(=O)C[C@@H](Cc2ccc(O)cc2)C(=O)N[C@H](CC2=CCc3ccccc32)C(=O)N[C@@H](CCCCNC(=O)OC(C)(C)C)C(=O)N[C@@H]([C@@H](C)O)C(=O)N1. The average Bonchev–Trinajstić information content (AvgIpc) is 1.70. The lowest BCUT2D eigenvalue weighted by Gasteiger charge is -2.29. The minimum Gasteiger partial charge on any atom is -0.508 e. The number of aliphatic hydroxyl groups is 1. The Bertz CT molecular complexity index is 3760. The van der Waals surface area contributed by atoms with Gasteiger partial charge >= 0.3 is 12.2 Å². The maximum atomic E-state index is 15.4. The van der Waals surface area contributed by atoms with Gasteiger partial charge in [-0.2, -0.15) is 0 Å². The summed E-state index contributed by atoms with van der Waals surface area (Å²) in [4.78, 5) is 162. The van der Waals surface area contributed by atoms with E-state index in [0.717, 1.165) is 43.6 Å². The second kappa shape index (κ2) is 38.7. The molecule has 7 rings (SSSR count). The van der Waals surface area contributed by atoms with E-state index in [4.69, 9.17) is 9.47 Å². The van der Waals surface area contributed by atoms with Crippen molar-refractivity contribution in [3.05, 3.63) is 143 Å². The van der Waals surface area contributed by atoms with Gasteiger partial charge in [0.25, 0.3) is 0 Å². The first-order valence-corrected chi connectivity index (χ1v) is 37.2. The molecule has 0 bridgehead atoms. The van der Waals surface area contributed by atoms with Gasteiger partial charge in [0.05, 0.1) is 18.2 Å². The van der Waals surface area contributed by atoms with E-state index in [1.807, 2.05) is 61.5 Å². The first-order valence-electron chi connectivity index (χ1n) is 34.7. The number of amides is 9. The van der Waals surface area contributed by atoms with Gasteiger partial charge in [-0.1, -0.05) is 120 Å². The Labute approximate surface area is 603 Å². The molecule has 2 heterocycles. The lowest BCUT2D eigenvalue weighted by atomic mass is 9.90. The number of ether oxygens (including phenoxy) is 2. The number of benzene rings is 4. The number of fused-ring (bicyclic) bond motifs is 2. The lowest BCUT2D eigenvalue weighted by Crippen LogP contribution is -2.61. The molecular weight excluding hydrogens is 1350 g/mol. The predicted octanol–water partition coefficient (Wildman–Crippen LogP) is 7.05. The zero-order valence-corrected chi connectivity index (χ0v) is 60.8. The van der Waals surface area contributed by atoms with Crippen molar-refractivity contribution in [2.75, 3.05) is 24.6 Å². The number of para-hydroxylation sites is 1. The first-order chi connectivity index (χ1) is 48.5. The number of carbonyl (C=O) groups excluding carboxylic acids is 11. The number of aromatic nitrogens is 1. The minimum absolute atomic E-state index is 0.00901. The standard InChI is InChI=1S/C75H98N10O15S2/c1-9-20-64(90)76-36-19-28-62(88)57(40-51-42-78-55-26-16-15-25-54(51)55)80-70(95)61-44-102-101-43-60(82-68(93)58(38-46-21-11-10-12-22-46)84-73(98)100-75(6,7)8)63(89)41-50(37-47-29-33-52(87)34-30-47)66(91)81-59(39-49-32-31-48-23-13-14-24-53(48)49)69(94)79-56(67(92)85-65(45(2)86)71(96)83-61)27-17-18-35-77-72(97)99-74(3,4)5/h10-16,21-26,29-30,32-34,42,45,50,56-61,65,78,86-87H,9,17-20,27-28,31,35-41,43-44H2,1-8H3,(H,76,90)(H,77,97)(H,79,94)(H,80,95)(H,81,91)(H,82,93)(H,83,96)(H,84,98)(H,85,92)/t45-,50-,56+,57+,58-,59-,60+,61+,65+/m1/s1. The largest absolute Gasteiger partial charge is 0.508 e. The van der Waals surface area contributed by atoms with Crippen LogP contribution in [0.2, 0.25) is 0 Å². The molecule has 1 aliphatic carbocycles. The van der Waals surface area contributed by atoms with Crippen LogP contribution in [-0.2, 0) is 78.3 Å². The summed E-state index contributed by atoms with van der Waals surface area (Å²) in [6, 6.07) is 19.4. The van der Waals surface area contributed by atoms with Crippen LogP contribution in [0.5, 0.6) is 5.75 Å². The topological polar surface area (TPSA) is 371 Å². The highest BCUT2D eigenvalue weighted by Gasteiger charge is 2.38. The molecule has 102 heavy (non-hydrogen) atoms. The fourth-order valence-corrected chi connectivity index (χ4v) is 14.1. The number of unbranched alkanes of at least 4 members (excludes halogenated alkanes) is 1. The monoisotopic (exact) mass is 1440 g/mol. The Morgan fingerprint density at radius 1 is 0.647 bits per heavy atom. The Hall–Kier alpha value is -9.21. The number of aromatic hydroxyl groups is 1. The molecule has 0 saturated carbocycles. The van der Waals surface area contributed by atoms with Gasteiger partial charge in [0.1, 0.15) is 47.2 Å². The molecule has 0 radical (unpaired) electrons. The number of aliphatic hydroxyl groups excluding tert-OH is 1. The van der Waals surface area contributed by atoms with Crippen LogP contribution in [0.1, 0.15) is 141 Å². The third-order valence-electron chi connectivity index (χ3n) is 16.9. The van der Waals surface area contributed by atoms with E-state index in [1.165, 1.54) is 19.1 Å². The van der Waals surface area contributed by atoms with Crippen LogP contribution in [0.3, 0.4) is 0 Å². The third-order valence-corrected chi connectivity index (χ3v) is 19.3. The number of alkyl carbamates (subject to hydrolysis) is 2. The lowest BCUT2D eigenvalue weighted by molar-refractivity contribution is -0.137. The smallest absolute Gasteiger partial charge is 0.408 e. The fraction of sp³-hybridized carbons (Fsp3) is 0.480. The number of allylic oxidation sites excluding steroid dienone is 1. The molecule has 1 aromatic heterocycles. The second-order valence-corrected chi connectivity index (χ2v) is 30.2. The molecule has 0 spiro atoms. The Balaban J connectivity index is 1.30. The number of carbonyl (C=O) groups is 11. The van der Waals surface area contributed by atoms with Crippen molar-refractivity contribution in [3.63, 3.8) is 0 Å². The van der Waals surface area contributed by atoms with Gasteiger partial charge in [0.2, 0.25) is 41.4 Å². The van der Waals surface area contributed by atoms with Gasteiger partial charge in [0.15, 0.2) is 11.6 Å². The number of hydrogen-bond donors (Lipinski definition) is 12. The minimum atomic E-state index is -1.80. The van der Waals surface area contributed by atoms with E-state index in [9.17, 15) is 43.8 Å². The van der Waals surface area contributed by atoms with Crippen molar-refractivity contribution in [2.24, 2.45) is 5.92 Å². The van der Waals surface area contributed by atoms with Crippen molar-refractivity contribution in [2.45, 2.75) is 198 Å². The van der Waals surface area contributed by atoms with E-state index in [0.29, 0.717) is 41.5 Å². The summed E-state index contributed by atoms with van der Waals surface area (Å²) in [7, 11) is 1.99. The number of aromatic amines is 1.